The molecule has 1 unspecified atom stereocenters. The van der Waals surface area contributed by atoms with E-state index in [0.717, 1.165) is 38.0 Å². The first-order valence-electron chi connectivity index (χ1n) is 7.43. The Balaban J connectivity index is 1.94. The van der Waals surface area contributed by atoms with Crippen molar-refractivity contribution in [2.75, 3.05) is 19.7 Å². The second kappa shape index (κ2) is 7.41. The van der Waals surface area contributed by atoms with E-state index in [1.54, 1.807) is 0 Å². The molecule has 0 bridgehead atoms. The summed E-state index contributed by atoms with van der Waals surface area (Å²) in [5, 5.41) is 0. The van der Waals surface area contributed by atoms with Crippen LogP contribution < -0.4 is 5.73 Å². The first kappa shape index (κ1) is 15.0. The van der Waals surface area contributed by atoms with E-state index in [-0.39, 0.29) is 12.0 Å². The second-order valence-electron chi connectivity index (χ2n) is 5.31. The quantitative estimate of drug-likeness (QED) is 0.896. The molecule has 0 saturated carbocycles. The van der Waals surface area contributed by atoms with E-state index in [9.17, 15) is 4.79 Å². The summed E-state index contributed by atoms with van der Waals surface area (Å²) in [7, 11) is 0. The molecule has 4 nitrogen and oxygen atoms in total. The largest absolute Gasteiger partial charge is 0.376 e. The van der Waals surface area contributed by atoms with Gasteiger partial charge in [-0.15, -0.1) is 0 Å². The van der Waals surface area contributed by atoms with Gasteiger partial charge in [0.05, 0.1) is 6.10 Å². The summed E-state index contributed by atoms with van der Waals surface area (Å²) in [5.74, 6) is 0.000925. The number of nitrogens with zero attached hydrogens (tertiary/aromatic N) is 1. The maximum atomic E-state index is 12.5. The van der Waals surface area contributed by atoms with E-state index in [0.29, 0.717) is 6.54 Å². The van der Waals surface area contributed by atoms with Gasteiger partial charge in [-0.05, 0) is 24.8 Å². The zero-order chi connectivity index (χ0) is 14.4. The summed E-state index contributed by atoms with van der Waals surface area (Å²) >= 11 is 0. The summed E-state index contributed by atoms with van der Waals surface area (Å²) in [6.45, 7) is 4.30. The van der Waals surface area contributed by atoms with Crippen molar-refractivity contribution < 1.29 is 9.53 Å². The lowest BCUT2D eigenvalue weighted by Crippen LogP contribution is -2.46. The fourth-order valence-electron chi connectivity index (χ4n) is 2.56. The predicted molar refractivity (Wildman–Crippen MR) is 79.2 cm³/mol. The Kier molecular flexibility index (Phi) is 5.56. The zero-order valence-electron chi connectivity index (χ0n) is 12.1. The molecule has 1 heterocycles. The van der Waals surface area contributed by atoms with Gasteiger partial charge >= 0.3 is 0 Å². The van der Waals surface area contributed by atoms with Crippen LogP contribution >= 0.6 is 0 Å². The molecule has 1 saturated heterocycles. The summed E-state index contributed by atoms with van der Waals surface area (Å²) in [6.07, 6.45) is 3.19. The standard InChI is InChI=1S/C16H24N2O2/c1-2-11-20-14-9-6-10-18(12-14)16(19)15(17)13-7-4-3-5-8-13/h3-5,7-8,14-15H,2,6,9-12,17H2,1H3/t14?,15-/m0/s1. The van der Waals surface area contributed by atoms with Crippen LogP contribution in [0.25, 0.3) is 0 Å². The van der Waals surface area contributed by atoms with E-state index < -0.39 is 6.04 Å². The third-order valence-corrected chi connectivity index (χ3v) is 3.67. The van der Waals surface area contributed by atoms with Crippen LogP contribution in [0.5, 0.6) is 0 Å². The molecule has 1 fully saturated rings. The summed E-state index contributed by atoms with van der Waals surface area (Å²) < 4.78 is 5.76. The summed E-state index contributed by atoms with van der Waals surface area (Å²) in [6, 6.07) is 8.98. The van der Waals surface area contributed by atoms with Gasteiger partial charge in [0, 0.05) is 19.7 Å². The Labute approximate surface area is 120 Å². The number of carbonyl (C=O) groups excluding carboxylic acids is 1. The average molecular weight is 276 g/mol. The number of benzene rings is 1. The number of amides is 1. The Hall–Kier alpha value is -1.39. The molecular weight excluding hydrogens is 252 g/mol. The lowest BCUT2D eigenvalue weighted by atomic mass is 10.0. The number of nitrogens with two attached hydrogens (primary N) is 1. The van der Waals surface area contributed by atoms with Gasteiger partial charge in [-0.3, -0.25) is 4.79 Å². The Morgan fingerprint density at radius 2 is 2.20 bits per heavy atom. The van der Waals surface area contributed by atoms with Crippen molar-refractivity contribution in [2.24, 2.45) is 5.73 Å². The SMILES string of the molecule is CCCOC1CCCN(C(=O)[C@@H](N)c2ccccc2)C1. The van der Waals surface area contributed by atoms with Crippen LogP contribution in [0.1, 0.15) is 37.8 Å². The molecule has 4 heteroatoms. The highest BCUT2D eigenvalue weighted by Crippen LogP contribution is 2.18. The van der Waals surface area contributed by atoms with E-state index in [4.69, 9.17) is 10.5 Å². The van der Waals surface area contributed by atoms with Gasteiger partial charge in [0.2, 0.25) is 5.91 Å². The smallest absolute Gasteiger partial charge is 0.244 e. The molecule has 0 radical (unpaired) electrons. The fourth-order valence-corrected chi connectivity index (χ4v) is 2.56. The van der Waals surface area contributed by atoms with Gasteiger partial charge in [-0.25, -0.2) is 0 Å². The minimum Gasteiger partial charge on any atom is -0.376 e. The predicted octanol–water partition coefficient (Wildman–Crippen LogP) is 2.10. The number of rotatable bonds is 5. The van der Waals surface area contributed by atoms with E-state index >= 15 is 0 Å². The van der Waals surface area contributed by atoms with Gasteiger partial charge in [0.15, 0.2) is 0 Å². The van der Waals surface area contributed by atoms with E-state index in [2.05, 4.69) is 6.92 Å². The molecule has 1 aliphatic rings. The van der Waals surface area contributed by atoms with Crippen LogP contribution in [0.15, 0.2) is 30.3 Å². The molecule has 1 aliphatic heterocycles. The van der Waals surface area contributed by atoms with Crippen molar-refractivity contribution >= 4 is 5.91 Å². The highest BCUT2D eigenvalue weighted by atomic mass is 16.5. The second-order valence-corrected chi connectivity index (χ2v) is 5.31. The van der Waals surface area contributed by atoms with Crippen molar-refractivity contribution in [3.63, 3.8) is 0 Å². The minimum absolute atomic E-state index is 0.000925. The number of likely N-dealkylation sites (tertiary alicyclic amines) is 1. The molecule has 2 rings (SSSR count). The average Bonchev–Trinajstić information content (AvgIpc) is 2.52. The van der Waals surface area contributed by atoms with Gasteiger partial charge < -0.3 is 15.4 Å². The molecule has 0 spiro atoms. The van der Waals surface area contributed by atoms with Gasteiger partial charge in [0.1, 0.15) is 6.04 Å². The van der Waals surface area contributed by atoms with Crippen LogP contribution in [0.3, 0.4) is 0 Å². The van der Waals surface area contributed by atoms with Crippen molar-refractivity contribution in [3.05, 3.63) is 35.9 Å². The third-order valence-electron chi connectivity index (χ3n) is 3.67. The Morgan fingerprint density at radius 1 is 1.45 bits per heavy atom. The van der Waals surface area contributed by atoms with Crippen molar-refractivity contribution in [3.8, 4) is 0 Å². The maximum Gasteiger partial charge on any atom is 0.244 e. The number of carbonyl (C=O) groups is 1. The lowest BCUT2D eigenvalue weighted by molar-refractivity contribution is -0.136. The van der Waals surface area contributed by atoms with Crippen LogP contribution in [0.2, 0.25) is 0 Å². The monoisotopic (exact) mass is 276 g/mol. The molecule has 2 atom stereocenters. The maximum absolute atomic E-state index is 12.5. The topological polar surface area (TPSA) is 55.6 Å². The van der Waals surface area contributed by atoms with Gasteiger partial charge in [-0.2, -0.15) is 0 Å². The summed E-state index contributed by atoms with van der Waals surface area (Å²) in [5.41, 5.74) is 6.95. The van der Waals surface area contributed by atoms with Crippen LogP contribution in [-0.4, -0.2) is 36.6 Å². The molecule has 0 aromatic heterocycles. The Morgan fingerprint density at radius 3 is 2.90 bits per heavy atom. The first-order valence-corrected chi connectivity index (χ1v) is 7.43. The third kappa shape index (κ3) is 3.81. The molecular formula is C16H24N2O2. The van der Waals surface area contributed by atoms with Crippen molar-refractivity contribution in [1.82, 2.24) is 4.90 Å². The minimum atomic E-state index is -0.568. The number of ether oxygens (including phenoxy) is 1. The molecule has 1 amide bonds. The normalized spacial score (nSPS) is 20.7. The van der Waals surface area contributed by atoms with E-state index in [1.165, 1.54) is 0 Å². The molecule has 1 aromatic rings. The van der Waals surface area contributed by atoms with Crippen LogP contribution in [0, 0.1) is 0 Å². The Bertz CT molecular complexity index is 422. The van der Waals surface area contributed by atoms with Gasteiger partial charge in [-0.1, -0.05) is 37.3 Å². The van der Waals surface area contributed by atoms with Crippen LogP contribution in [-0.2, 0) is 9.53 Å². The molecule has 0 aliphatic carbocycles. The molecule has 110 valence electrons. The molecule has 20 heavy (non-hydrogen) atoms. The zero-order valence-corrected chi connectivity index (χ0v) is 12.1. The van der Waals surface area contributed by atoms with Crippen LogP contribution in [0.4, 0.5) is 0 Å². The van der Waals surface area contributed by atoms with Gasteiger partial charge in [0.25, 0.3) is 0 Å². The summed E-state index contributed by atoms with van der Waals surface area (Å²) in [4.78, 5) is 14.3. The molecule has 2 N–H and O–H groups in total. The van der Waals surface area contributed by atoms with Crippen molar-refractivity contribution in [1.29, 1.82) is 0 Å². The highest BCUT2D eigenvalue weighted by molar-refractivity contribution is 5.83. The number of hydrogen-bond acceptors (Lipinski definition) is 3. The van der Waals surface area contributed by atoms with Crippen molar-refractivity contribution in [2.45, 2.75) is 38.3 Å². The number of hydrogen-bond donors (Lipinski definition) is 1. The fraction of sp³-hybridized carbons (Fsp3) is 0.562. The first-order chi connectivity index (χ1) is 9.72. The van der Waals surface area contributed by atoms with E-state index in [1.807, 2.05) is 35.2 Å². The lowest BCUT2D eigenvalue weighted by Gasteiger charge is -2.34. The molecule has 1 aromatic carbocycles. The highest BCUT2D eigenvalue weighted by Gasteiger charge is 2.27. The number of piperidine rings is 1.